The first kappa shape index (κ1) is 6.42. The van der Waals surface area contributed by atoms with Crippen LogP contribution in [0.25, 0.3) is 0 Å². The van der Waals surface area contributed by atoms with Gasteiger partial charge in [0.15, 0.2) is 0 Å². The van der Waals surface area contributed by atoms with E-state index < -0.39 is 5.95 Å². The second-order valence-corrected chi connectivity index (χ2v) is 2.24. The zero-order valence-electron chi connectivity index (χ0n) is 4.58. The van der Waals surface area contributed by atoms with Gasteiger partial charge in [0.1, 0.15) is 0 Å². The molecule has 47 valence electrons. The highest BCUT2D eigenvalue weighted by Gasteiger charge is 1.86. The molecule has 1 radical (unpaired) electrons. The lowest BCUT2D eigenvalue weighted by Crippen LogP contribution is -1.78. The fourth-order valence-corrected chi connectivity index (χ4v) is 0.729. The Labute approximate surface area is 56.5 Å². The molecule has 0 spiro atoms. The summed E-state index contributed by atoms with van der Waals surface area (Å²) in [6.07, 6.45) is 1.41. The number of nitrogens with zero attached hydrogens (tertiary/aromatic N) is 1. The van der Waals surface area contributed by atoms with Crippen LogP contribution in [0, 0.1) is 5.95 Å². The normalized spacial score (nSPS) is 9.44. The van der Waals surface area contributed by atoms with Crippen molar-refractivity contribution in [2.75, 3.05) is 0 Å². The van der Waals surface area contributed by atoms with E-state index in [4.69, 9.17) is 5.87 Å². The maximum Gasteiger partial charge on any atom is 0.212 e. The largest absolute Gasteiger partial charge is 0.227 e. The van der Waals surface area contributed by atoms with Crippen LogP contribution < -0.4 is 0 Å². The molecule has 0 amide bonds. The van der Waals surface area contributed by atoms with Gasteiger partial charge in [-0.15, -0.1) is 0 Å². The molecule has 1 rings (SSSR count). The van der Waals surface area contributed by atoms with Gasteiger partial charge in [-0.2, -0.15) is 15.7 Å². The molecule has 0 aliphatic carbocycles. The Morgan fingerprint density at radius 3 is 2.78 bits per heavy atom. The predicted molar refractivity (Wildman–Crippen MR) is 37.5 cm³/mol. The fourth-order valence-electron chi connectivity index (χ4n) is 0.444. The molecule has 0 aliphatic heterocycles. The van der Waals surface area contributed by atoms with Gasteiger partial charge < -0.3 is 0 Å². The minimum Gasteiger partial charge on any atom is -0.227 e. The third-order valence-corrected chi connectivity index (χ3v) is 1.42. The second kappa shape index (κ2) is 2.73. The molecule has 0 bridgehead atoms. The van der Waals surface area contributed by atoms with E-state index in [0.717, 1.165) is 4.90 Å². The molecular weight excluding hydrogens is 137 g/mol. The van der Waals surface area contributed by atoms with Gasteiger partial charge in [-0.3, -0.25) is 0 Å². The van der Waals surface area contributed by atoms with E-state index in [1.54, 1.807) is 6.07 Å². The van der Waals surface area contributed by atoms with Gasteiger partial charge in [-0.05, 0) is 18.0 Å². The topological polar surface area (TPSA) is 12.9 Å². The van der Waals surface area contributed by atoms with Gasteiger partial charge in [-0.25, -0.2) is 4.98 Å². The van der Waals surface area contributed by atoms with Gasteiger partial charge >= 0.3 is 0 Å². The van der Waals surface area contributed by atoms with Gasteiger partial charge in [0.2, 0.25) is 5.95 Å². The number of halogens is 1. The third-order valence-electron chi connectivity index (χ3n) is 0.861. The maximum atomic E-state index is 12.1. The predicted octanol–water partition coefficient (Wildman–Crippen LogP) is 1.35. The number of hydrogen-bond acceptors (Lipinski definition) is 1. The Hall–Kier alpha value is -0.700. The summed E-state index contributed by atoms with van der Waals surface area (Å²) in [6, 6.07) is 2.89. The van der Waals surface area contributed by atoms with Crippen LogP contribution in [0.4, 0.5) is 4.39 Å². The lowest BCUT2D eigenvalue weighted by Gasteiger charge is -1.88. The number of rotatable bonds is 1. The molecule has 0 saturated heterocycles. The van der Waals surface area contributed by atoms with Crippen LogP contribution in [0.1, 0.15) is 0 Å². The summed E-state index contributed by atoms with van der Waals surface area (Å²) in [5.74, 6) is 4.74. The molecule has 1 nitrogen and oxygen atoms in total. The van der Waals surface area contributed by atoms with Crippen LogP contribution in [-0.2, 0) is 0 Å². The molecule has 0 aliphatic rings. The second-order valence-electron chi connectivity index (χ2n) is 1.47. The zero-order valence-corrected chi connectivity index (χ0v) is 5.48. The summed E-state index contributed by atoms with van der Waals surface area (Å²) in [6.45, 7) is 0. The molecule has 0 aromatic carbocycles. The van der Waals surface area contributed by atoms with E-state index in [9.17, 15) is 4.39 Å². The van der Waals surface area contributed by atoms with E-state index in [0.29, 0.717) is 11.4 Å². The van der Waals surface area contributed by atoms with Gasteiger partial charge in [0.25, 0.3) is 0 Å². The highest BCUT2D eigenvalue weighted by atomic mass is 32.1. The summed E-state index contributed by atoms with van der Waals surface area (Å²) in [7, 11) is 0. The lowest BCUT2D eigenvalue weighted by atomic mass is 10.5. The summed E-state index contributed by atoms with van der Waals surface area (Å²) in [5, 5.41) is 0. The third kappa shape index (κ3) is 1.61. The molecule has 3 heteroatoms. The highest BCUT2D eigenvalue weighted by Crippen LogP contribution is 2.05. The van der Waals surface area contributed by atoms with Crippen molar-refractivity contribution < 1.29 is 4.39 Å². The minimum absolute atomic E-state index is 0.470. The summed E-state index contributed by atoms with van der Waals surface area (Å²) in [4.78, 5) is 4.21. The number of aromatic nitrogens is 1. The molecule has 0 atom stereocenters. The standard InChI is InChI=1S/C6H5FNS/c1-9-5-2-3-6(7)8-4-5/h1-4,9H. The maximum absolute atomic E-state index is 12.1. The monoisotopic (exact) mass is 142 g/mol. The fraction of sp³-hybridized carbons (Fsp3) is 0. The van der Waals surface area contributed by atoms with Crippen LogP contribution in [0.3, 0.4) is 0 Å². The first-order valence-corrected chi connectivity index (χ1v) is 3.32. The van der Waals surface area contributed by atoms with Crippen LogP contribution in [0.5, 0.6) is 0 Å². The molecule has 0 N–H and O–H groups in total. The Morgan fingerprint density at radius 2 is 2.33 bits per heavy atom. The van der Waals surface area contributed by atoms with E-state index in [1.165, 1.54) is 12.3 Å². The van der Waals surface area contributed by atoms with Crippen molar-refractivity contribution >= 4 is 17.2 Å². The number of hydrogen-bond donors (Lipinski definition) is 1. The van der Waals surface area contributed by atoms with Crippen LogP contribution >= 0.6 is 11.4 Å². The van der Waals surface area contributed by atoms with E-state index >= 15 is 0 Å². The van der Waals surface area contributed by atoms with Crippen molar-refractivity contribution in [2.45, 2.75) is 4.90 Å². The minimum atomic E-state index is -0.470. The SMILES string of the molecule is [CH]=[SH]c1ccc(F)nc1. The Bertz CT molecular complexity index is 207. The molecule has 1 aromatic rings. The molecule has 0 unspecified atom stereocenters. The first-order chi connectivity index (χ1) is 4.33. The zero-order chi connectivity index (χ0) is 6.69. The van der Waals surface area contributed by atoms with E-state index in [2.05, 4.69) is 4.98 Å². The quantitative estimate of drug-likeness (QED) is 0.355. The molecule has 1 heterocycles. The molecular formula is C6H5FNS. The van der Waals surface area contributed by atoms with E-state index in [-0.39, 0.29) is 0 Å². The first-order valence-electron chi connectivity index (χ1n) is 2.35. The molecule has 9 heavy (non-hydrogen) atoms. The Kier molecular flexibility index (Phi) is 1.95. The van der Waals surface area contributed by atoms with Crippen molar-refractivity contribution in [1.29, 1.82) is 0 Å². The van der Waals surface area contributed by atoms with Crippen LogP contribution in [-0.4, -0.2) is 10.9 Å². The Balaban J connectivity index is 3.01. The summed E-state index contributed by atoms with van der Waals surface area (Å²) in [5.41, 5.74) is 0. The van der Waals surface area contributed by atoms with Crippen molar-refractivity contribution in [3.8, 4) is 0 Å². The van der Waals surface area contributed by atoms with Crippen molar-refractivity contribution in [3.05, 3.63) is 24.3 Å². The van der Waals surface area contributed by atoms with Crippen LogP contribution in [0.15, 0.2) is 23.2 Å². The smallest absolute Gasteiger partial charge is 0.212 e. The average Bonchev–Trinajstić information content (AvgIpc) is 1.90. The van der Waals surface area contributed by atoms with Crippen molar-refractivity contribution in [1.82, 2.24) is 4.98 Å². The Morgan fingerprint density at radius 1 is 1.56 bits per heavy atom. The van der Waals surface area contributed by atoms with Gasteiger partial charge in [-0.1, -0.05) is 0 Å². The molecule has 0 saturated carbocycles. The summed E-state index contributed by atoms with van der Waals surface area (Å²) < 4.78 is 12.1. The van der Waals surface area contributed by atoms with Gasteiger partial charge in [0, 0.05) is 11.1 Å². The summed E-state index contributed by atoms with van der Waals surface area (Å²) >= 11 is 0.623. The molecule has 0 fully saturated rings. The van der Waals surface area contributed by atoms with Crippen molar-refractivity contribution in [3.63, 3.8) is 0 Å². The van der Waals surface area contributed by atoms with Gasteiger partial charge in [0.05, 0.1) is 0 Å². The van der Waals surface area contributed by atoms with Crippen molar-refractivity contribution in [2.24, 2.45) is 0 Å². The van der Waals surface area contributed by atoms with Crippen LogP contribution in [0.2, 0.25) is 0 Å². The molecule has 1 aromatic heterocycles. The number of pyridine rings is 1. The lowest BCUT2D eigenvalue weighted by molar-refractivity contribution is 0.581. The highest BCUT2D eigenvalue weighted by molar-refractivity contribution is 7.96. The average molecular weight is 142 g/mol. The number of thiol groups is 1. The van der Waals surface area contributed by atoms with E-state index in [1.807, 2.05) is 0 Å².